The van der Waals surface area contributed by atoms with Gasteiger partial charge in [-0.15, -0.1) is 0 Å². The lowest BCUT2D eigenvalue weighted by molar-refractivity contribution is -0.910. The maximum absolute atomic E-state index is 2.55. The van der Waals surface area contributed by atoms with Crippen LogP contribution in [0.2, 0.25) is 0 Å². The van der Waals surface area contributed by atoms with Crippen LogP contribution in [-0.2, 0) is 19.6 Å². The first-order valence-corrected chi connectivity index (χ1v) is 7.84. The first kappa shape index (κ1) is 13.5. The molecular formula is C17H26N3+. The number of fused-ring (bicyclic) bond motifs is 3. The van der Waals surface area contributed by atoms with E-state index in [2.05, 4.69) is 55.0 Å². The van der Waals surface area contributed by atoms with Crippen LogP contribution in [0.4, 0.5) is 0 Å². The zero-order valence-corrected chi connectivity index (χ0v) is 13.2. The van der Waals surface area contributed by atoms with Gasteiger partial charge in [0.1, 0.15) is 6.54 Å². The van der Waals surface area contributed by atoms with Gasteiger partial charge in [-0.3, -0.25) is 0 Å². The summed E-state index contributed by atoms with van der Waals surface area (Å²) in [6, 6.07) is 6.89. The molecule has 0 unspecified atom stereocenters. The van der Waals surface area contributed by atoms with Crippen molar-refractivity contribution < 1.29 is 4.90 Å². The minimum atomic E-state index is 1.11. The van der Waals surface area contributed by atoms with Crippen molar-refractivity contribution in [3.8, 4) is 11.4 Å². The molecule has 1 N–H and O–H groups in total. The fraction of sp³-hybridized carbons (Fsp3) is 0.529. The van der Waals surface area contributed by atoms with E-state index in [1.807, 2.05) is 0 Å². The maximum Gasteiger partial charge on any atom is 0.118 e. The van der Waals surface area contributed by atoms with Crippen LogP contribution in [-0.4, -0.2) is 22.2 Å². The second-order valence-electron chi connectivity index (χ2n) is 5.96. The van der Waals surface area contributed by atoms with Gasteiger partial charge in [0, 0.05) is 18.8 Å². The SMILES string of the molecule is CC[NH+](CC)Cc1c(C)cc2n1CCn1c(C)ccc1-2. The minimum Gasteiger partial charge on any atom is -0.342 e. The lowest BCUT2D eigenvalue weighted by Gasteiger charge is -2.24. The number of hydrogen-bond donors (Lipinski definition) is 1. The number of quaternary nitrogens is 1. The molecule has 108 valence electrons. The summed E-state index contributed by atoms with van der Waals surface area (Å²) in [7, 11) is 0. The number of aryl methyl sites for hydroxylation is 2. The summed E-state index contributed by atoms with van der Waals surface area (Å²) in [4.78, 5) is 1.66. The van der Waals surface area contributed by atoms with Gasteiger partial charge in [-0.05, 0) is 51.5 Å². The summed E-state index contributed by atoms with van der Waals surface area (Å²) in [6.07, 6.45) is 0. The van der Waals surface area contributed by atoms with E-state index in [1.165, 1.54) is 41.4 Å². The second-order valence-corrected chi connectivity index (χ2v) is 5.96. The molecule has 20 heavy (non-hydrogen) atoms. The van der Waals surface area contributed by atoms with E-state index in [9.17, 15) is 0 Å². The molecule has 0 aromatic carbocycles. The molecule has 0 saturated heterocycles. The minimum absolute atomic E-state index is 1.11. The molecule has 3 nitrogen and oxygen atoms in total. The fourth-order valence-corrected chi connectivity index (χ4v) is 3.45. The van der Waals surface area contributed by atoms with Gasteiger partial charge in [0.05, 0.1) is 30.2 Å². The van der Waals surface area contributed by atoms with Gasteiger partial charge in [0.15, 0.2) is 0 Å². The Morgan fingerprint density at radius 1 is 1.00 bits per heavy atom. The van der Waals surface area contributed by atoms with Crippen molar-refractivity contribution in [2.45, 2.75) is 47.3 Å². The molecule has 3 heterocycles. The van der Waals surface area contributed by atoms with E-state index in [0.29, 0.717) is 0 Å². The zero-order chi connectivity index (χ0) is 14.3. The van der Waals surface area contributed by atoms with E-state index in [4.69, 9.17) is 0 Å². The Bertz CT molecular complexity index is 614. The molecular weight excluding hydrogens is 246 g/mol. The van der Waals surface area contributed by atoms with Crippen LogP contribution in [0.1, 0.15) is 30.8 Å². The fourth-order valence-electron chi connectivity index (χ4n) is 3.45. The van der Waals surface area contributed by atoms with Crippen LogP contribution in [0.5, 0.6) is 0 Å². The van der Waals surface area contributed by atoms with Crippen molar-refractivity contribution in [2.75, 3.05) is 13.1 Å². The zero-order valence-electron chi connectivity index (χ0n) is 13.2. The summed E-state index contributed by atoms with van der Waals surface area (Å²) in [5, 5.41) is 0. The van der Waals surface area contributed by atoms with Crippen LogP contribution in [0.3, 0.4) is 0 Å². The first-order chi connectivity index (χ1) is 9.65. The highest BCUT2D eigenvalue weighted by atomic mass is 15.2. The Kier molecular flexibility index (Phi) is 3.47. The number of aromatic nitrogens is 2. The Hall–Kier alpha value is -1.48. The predicted molar refractivity (Wildman–Crippen MR) is 83.1 cm³/mol. The smallest absolute Gasteiger partial charge is 0.118 e. The second kappa shape index (κ2) is 5.13. The first-order valence-electron chi connectivity index (χ1n) is 7.84. The monoisotopic (exact) mass is 272 g/mol. The molecule has 0 spiro atoms. The van der Waals surface area contributed by atoms with Gasteiger partial charge in [0.2, 0.25) is 0 Å². The van der Waals surface area contributed by atoms with E-state index in [-0.39, 0.29) is 0 Å². The molecule has 1 aliphatic rings. The summed E-state index contributed by atoms with van der Waals surface area (Å²) in [6.45, 7) is 14.8. The lowest BCUT2D eigenvalue weighted by atomic mass is 10.2. The average molecular weight is 272 g/mol. The molecule has 3 rings (SSSR count). The van der Waals surface area contributed by atoms with Crippen molar-refractivity contribution in [3.05, 3.63) is 35.2 Å². The average Bonchev–Trinajstić information content (AvgIpc) is 2.97. The van der Waals surface area contributed by atoms with Crippen molar-refractivity contribution >= 4 is 0 Å². The normalized spacial score (nSPS) is 13.7. The maximum atomic E-state index is 2.55. The van der Waals surface area contributed by atoms with E-state index in [0.717, 1.165) is 19.6 Å². The van der Waals surface area contributed by atoms with Gasteiger partial charge in [0.25, 0.3) is 0 Å². The summed E-state index contributed by atoms with van der Waals surface area (Å²) in [5.41, 5.74) is 7.15. The summed E-state index contributed by atoms with van der Waals surface area (Å²) < 4.78 is 5.00. The molecule has 0 fully saturated rings. The van der Waals surface area contributed by atoms with Gasteiger partial charge >= 0.3 is 0 Å². The van der Waals surface area contributed by atoms with Gasteiger partial charge in [-0.1, -0.05) is 0 Å². The molecule has 0 amide bonds. The highest BCUT2D eigenvalue weighted by Gasteiger charge is 2.23. The van der Waals surface area contributed by atoms with E-state index < -0.39 is 0 Å². The van der Waals surface area contributed by atoms with Gasteiger partial charge in [-0.25, -0.2) is 0 Å². The molecule has 3 heteroatoms. The van der Waals surface area contributed by atoms with Gasteiger partial charge < -0.3 is 14.0 Å². The van der Waals surface area contributed by atoms with Crippen LogP contribution in [0.25, 0.3) is 11.4 Å². The molecule has 2 aromatic heterocycles. The third-order valence-electron chi connectivity index (χ3n) is 4.85. The molecule has 0 atom stereocenters. The number of nitrogens with zero attached hydrogens (tertiary/aromatic N) is 2. The Morgan fingerprint density at radius 3 is 2.40 bits per heavy atom. The third kappa shape index (κ3) is 2.01. The standard InChI is InChI=1S/C17H25N3/c1-5-18(6-2)12-17-13(3)11-16-15-8-7-14(4)19(15)9-10-20(16)17/h7-8,11H,5-6,9-10,12H2,1-4H3/p+1. The molecule has 2 aromatic rings. The highest BCUT2D eigenvalue weighted by molar-refractivity contribution is 5.61. The van der Waals surface area contributed by atoms with Crippen molar-refractivity contribution in [3.63, 3.8) is 0 Å². The molecule has 0 radical (unpaired) electrons. The topological polar surface area (TPSA) is 14.3 Å². The number of rotatable bonds is 4. The van der Waals surface area contributed by atoms with Crippen LogP contribution < -0.4 is 4.90 Å². The van der Waals surface area contributed by atoms with Crippen LogP contribution in [0.15, 0.2) is 18.2 Å². The largest absolute Gasteiger partial charge is 0.342 e. The Balaban J connectivity index is 2.02. The molecule has 0 aliphatic carbocycles. The highest BCUT2D eigenvalue weighted by Crippen LogP contribution is 2.31. The van der Waals surface area contributed by atoms with Crippen LogP contribution >= 0.6 is 0 Å². The summed E-state index contributed by atoms with van der Waals surface area (Å²) in [5.74, 6) is 0. The van der Waals surface area contributed by atoms with Crippen molar-refractivity contribution in [1.29, 1.82) is 0 Å². The quantitative estimate of drug-likeness (QED) is 0.875. The number of nitrogens with one attached hydrogen (secondary N) is 1. The summed E-state index contributed by atoms with van der Waals surface area (Å²) >= 11 is 0. The lowest BCUT2D eigenvalue weighted by Crippen LogP contribution is -3.10. The van der Waals surface area contributed by atoms with Gasteiger partial charge in [-0.2, -0.15) is 0 Å². The molecule has 1 aliphatic heterocycles. The Morgan fingerprint density at radius 2 is 1.70 bits per heavy atom. The Labute approximate surface area is 121 Å². The van der Waals surface area contributed by atoms with Crippen molar-refractivity contribution in [2.24, 2.45) is 0 Å². The molecule has 0 bridgehead atoms. The molecule has 0 saturated carbocycles. The number of hydrogen-bond acceptors (Lipinski definition) is 0. The third-order valence-corrected chi connectivity index (χ3v) is 4.85. The predicted octanol–water partition coefficient (Wildman–Crippen LogP) is 2.01. The van der Waals surface area contributed by atoms with E-state index in [1.54, 1.807) is 4.90 Å². The van der Waals surface area contributed by atoms with Crippen LogP contribution in [0, 0.1) is 13.8 Å². The van der Waals surface area contributed by atoms with E-state index >= 15 is 0 Å². The van der Waals surface area contributed by atoms with Crippen molar-refractivity contribution in [1.82, 2.24) is 9.13 Å².